The molecule has 5 rings (SSSR count). The molecule has 0 aliphatic carbocycles. The second-order valence-electron chi connectivity index (χ2n) is 20.0. The van der Waals surface area contributed by atoms with E-state index in [1.54, 1.807) is 58.4 Å². The summed E-state index contributed by atoms with van der Waals surface area (Å²) in [6.45, 7) is 17.3. The quantitative estimate of drug-likeness (QED) is 0.192. The van der Waals surface area contributed by atoms with Gasteiger partial charge in [-0.2, -0.15) is 5.26 Å². The summed E-state index contributed by atoms with van der Waals surface area (Å²) in [6.07, 6.45) is -8.16. The van der Waals surface area contributed by atoms with Gasteiger partial charge < -0.3 is 58.9 Å². The minimum absolute atomic E-state index is 0.0627. The number of rotatable bonds is 12. The molecular weight excluding hydrogens is 855 g/mol. The number of benzene rings is 1. The van der Waals surface area contributed by atoms with Crippen LogP contribution in [0.4, 0.5) is 0 Å². The van der Waals surface area contributed by atoms with Gasteiger partial charge in [0.2, 0.25) is 0 Å². The Morgan fingerprint density at radius 3 is 2.24 bits per heavy atom. The molecule has 0 spiro atoms. The number of carbonyl (C=O) groups excluding carboxylic acids is 2. The molecule has 18 nitrogen and oxygen atoms in total. The van der Waals surface area contributed by atoms with Gasteiger partial charge in [-0.25, -0.2) is 4.68 Å². The Hall–Kier alpha value is -3.45. The fourth-order valence-electron chi connectivity index (χ4n) is 10.2. The van der Waals surface area contributed by atoms with Crippen molar-refractivity contribution in [1.29, 1.82) is 5.26 Å². The number of hydrogen-bond donors (Lipinski definition) is 5. The lowest BCUT2D eigenvalue weighted by molar-refractivity contribution is -0.318. The number of cyclic esters (lactones) is 1. The van der Waals surface area contributed by atoms with Crippen LogP contribution < -0.4 is 0 Å². The van der Waals surface area contributed by atoms with Crippen LogP contribution in [0.25, 0.3) is 0 Å². The number of carbonyl (C=O) groups is 2. The van der Waals surface area contributed by atoms with Crippen molar-refractivity contribution in [2.75, 3.05) is 20.7 Å². The van der Waals surface area contributed by atoms with Crippen LogP contribution >= 0.6 is 0 Å². The van der Waals surface area contributed by atoms with Gasteiger partial charge in [0, 0.05) is 56.5 Å². The topological polar surface area (TPSA) is 248 Å². The summed E-state index contributed by atoms with van der Waals surface area (Å²) in [6, 6.07) is 8.92. The number of ketones is 1. The number of aliphatic hydroxyl groups is 5. The Labute approximate surface area is 389 Å². The van der Waals surface area contributed by atoms with Crippen molar-refractivity contribution in [2.45, 2.75) is 192 Å². The molecule has 3 aliphatic heterocycles. The Morgan fingerprint density at radius 1 is 0.955 bits per heavy atom. The number of Topliss-reactive ketones (excluding diaryl/α,β-unsaturated/α-hetero) is 1. The number of nitrogens with zero attached hydrogens (tertiary/aromatic N) is 5. The number of likely N-dealkylation sites (N-methyl/N-ethyl adjacent to an activating group) is 1. The van der Waals surface area contributed by atoms with E-state index in [1.165, 1.54) is 27.9 Å². The maximum Gasteiger partial charge on any atom is 0.311 e. The van der Waals surface area contributed by atoms with Crippen molar-refractivity contribution in [3.8, 4) is 6.07 Å². The van der Waals surface area contributed by atoms with Gasteiger partial charge in [0.05, 0.1) is 71.5 Å². The van der Waals surface area contributed by atoms with Crippen molar-refractivity contribution >= 4 is 11.8 Å². The zero-order valence-electron chi connectivity index (χ0n) is 40.7. The van der Waals surface area contributed by atoms with Crippen LogP contribution in [0, 0.1) is 35.0 Å². The molecule has 3 aliphatic rings. The summed E-state index contributed by atoms with van der Waals surface area (Å²) in [5.74, 6) is -5.23. The molecule has 0 amide bonds. The first kappa shape index (κ1) is 53.5. The monoisotopic (exact) mass is 930 g/mol. The fourth-order valence-corrected chi connectivity index (χ4v) is 10.2. The van der Waals surface area contributed by atoms with E-state index in [2.05, 4.69) is 16.4 Å². The molecule has 3 saturated heterocycles. The van der Waals surface area contributed by atoms with Crippen LogP contribution in [-0.2, 0) is 51.0 Å². The lowest BCUT2D eigenvalue weighted by Crippen LogP contribution is -2.61. The van der Waals surface area contributed by atoms with E-state index in [4.69, 9.17) is 33.7 Å². The van der Waals surface area contributed by atoms with E-state index < -0.39 is 120 Å². The second-order valence-corrected chi connectivity index (χ2v) is 20.0. The van der Waals surface area contributed by atoms with Crippen LogP contribution in [0.3, 0.4) is 0 Å². The number of hydrogen-bond acceptors (Lipinski definition) is 17. The van der Waals surface area contributed by atoms with Gasteiger partial charge in [0.25, 0.3) is 0 Å². The highest BCUT2D eigenvalue weighted by Crippen LogP contribution is 2.41. The number of aliphatic hydroxyl groups excluding tert-OH is 3. The largest absolute Gasteiger partial charge is 0.459 e. The third kappa shape index (κ3) is 12.0. The van der Waals surface area contributed by atoms with Crippen LogP contribution in [0.1, 0.15) is 112 Å². The average Bonchev–Trinajstić information content (AvgIpc) is 3.73. The molecule has 5 N–H and O–H groups in total. The number of nitriles is 1. The molecule has 1 aromatic carbocycles. The predicted molar refractivity (Wildman–Crippen MR) is 239 cm³/mol. The molecule has 0 bridgehead atoms. The predicted octanol–water partition coefficient (Wildman–Crippen LogP) is 2.91. The van der Waals surface area contributed by atoms with Gasteiger partial charge >= 0.3 is 5.97 Å². The molecule has 0 unspecified atom stereocenters. The highest BCUT2D eigenvalue weighted by atomic mass is 16.7. The molecule has 3 fully saturated rings. The summed E-state index contributed by atoms with van der Waals surface area (Å²) in [5, 5.41) is 76.8. The SMILES string of the molecule is CC[C@H]1OC(=O)[C@H](C)[C@@H](O[C@H]2C[C@@](C)(OC)[C@@H](O)[C@H](C)O2)[C@H](C)[C@@H](O[C@@H]2O[C@H](C)C[C@H](N(C)CCc3cn(Cc4ccc(C#N)cc4)nn3)[C@H]2O)[C@](C)(O)C[C@@H](C)C(=O)[C@H](C)[C@@H](O)[C@]1(C)O. The maximum atomic E-state index is 14.3. The third-order valence-electron chi connectivity index (χ3n) is 14.5. The van der Waals surface area contributed by atoms with Gasteiger partial charge in [0.15, 0.2) is 12.6 Å². The Morgan fingerprint density at radius 2 is 1.62 bits per heavy atom. The first-order chi connectivity index (χ1) is 30.9. The minimum Gasteiger partial charge on any atom is -0.459 e. The first-order valence-corrected chi connectivity index (χ1v) is 23.4. The molecule has 18 atom stereocenters. The molecule has 0 radical (unpaired) electrons. The van der Waals surface area contributed by atoms with Crippen LogP contribution in [0.15, 0.2) is 30.5 Å². The highest BCUT2D eigenvalue weighted by molar-refractivity contribution is 5.83. The van der Waals surface area contributed by atoms with Gasteiger partial charge in [-0.1, -0.05) is 45.0 Å². The number of ether oxygens (including phenoxy) is 6. The molecule has 66 heavy (non-hydrogen) atoms. The van der Waals surface area contributed by atoms with Gasteiger partial charge in [0.1, 0.15) is 29.7 Å². The second kappa shape index (κ2) is 21.9. The zero-order chi connectivity index (χ0) is 49.1. The number of aromatic nitrogens is 3. The van der Waals surface area contributed by atoms with E-state index in [1.807, 2.05) is 37.2 Å². The molecule has 18 heteroatoms. The molecule has 2 aromatic rings. The summed E-state index contributed by atoms with van der Waals surface area (Å²) >= 11 is 0. The molecule has 4 heterocycles. The van der Waals surface area contributed by atoms with Crippen LogP contribution in [0.2, 0.25) is 0 Å². The van der Waals surface area contributed by atoms with Gasteiger partial charge in [-0.05, 0) is 85.5 Å². The lowest BCUT2D eigenvalue weighted by atomic mass is 9.74. The van der Waals surface area contributed by atoms with Gasteiger partial charge in [-0.3, -0.25) is 9.59 Å². The van der Waals surface area contributed by atoms with Crippen molar-refractivity contribution in [1.82, 2.24) is 19.9 Å². The number of methoxy groups -OCH3 is 1. The van der Waals surface area contributed by atoms with Crippen molar-refractivity contribution in [3.05, 3.63) is 47.3 Å². The molecule has 1 aromatic heterocycles. The van der Waals surface area contributed by atoms with Crippen LogP contribution in [0.5, 0.6) is 0 Å². The normalized spacial score (nSPS) is 41.0. The van der Waals surface area contributed by atoms with E-state index in [0.29, 0.717) is 31.5 Å². The van der Waals surface area contributed by atoms with Gasteiger partial charge in [-0.15, -0.1) is 5.10 Å². The smallest absolute Gasteiger partial charge is 0.311 e. The molecular formula is C48H75N5O13. The summed E-state index contributed by atoms with van der Waals surface area (Å²) in [7, 11) is 3.37. The summed E-state index contributed by atoms with van der Waals surface area (Å²) < 4.78 is 39.5. The van der Waals surface area contributed by atoms with E-state index in [9.17, 15) is 35.1 Å². The van der Waals surface area contributed by atoms with Crippen molar-refractivity contribution < 1.29 is 63.5 Å². The fraction of sp³-hybridized carbons (Fsp3) is 0.771. The van der Waals surface area contributed by atoms with E-state index in [0.717, 1.165) is 11.3 Å². The molecule has 0 saturated carbocycles. The summed E-state index contributed by atoms with van der Waals surface area (Å²) in [5.41, 5.74) is -2.69. The average molecular weight is 930 g/mol. The lowest BCUT2D eigenvalue weighted by Gasteiger charge is -2.49. The van der Waals surface area contributed by atoms with Crippen molar-refractivity contribution in [2.24, 2.45) is 23.7 Å². The minimum atomic E-state index is -2.03. The Balaban J connectivity index is 1.45. The van der Waals surface area contributed by atoms with E-state index >= 15 is 0 Å². The zero-order valence-corrected chi connectivity index (χ0v) is 40.7. The summed E-state index contributed by atoms with van der Waals surface area (Å²) in [4.78, 5) is 30.4. The van der Waals surface area contributed by atoms with Crippen LogP contribution in [-0.4, -0.2) is 162 Å². The standard InChI is InChI=1S/C48H75N5O13/c1-13-36-48(10,60)41(56)28(4)38(54)26(2)21-46(8,59)43(29(5)40(30(6)44(58)64-36)65-37-22-47(9,61-12)42(57)31(7)63-37)66-45-39(55)35(20-27(3)62-45)52(11)19-18-34-25-53(51-50-34)24-33-16-14-32(23-49)15-17-33/h14-17,25-31,35-37,39-43,45,55-57,59-60H,13,18-22,24H2,1-12H3/t26-,27-,28+,29+,30-,31+,35+,36-,37+,39-,40+,41-,42+,43-,45+,46-,47-,48-/m1/s1. The van der Waals surface area contributed by atoms with E-state index in [-0.39, 0.29) is 19.3 Å². The molecule has 370 valence electrons. The number of esters is 1. The van der Waals surface area contributed by atoms with Crippen molar-refractivity contribution in [3.63, 3.8) is 0 Å². The Bertz CT molecular complexity index is 1960. The maximum absolute atomic E-state index is 14.3. The first-order valence-electron chi connectivity index (χ1n) is 23.4. The highest BCUT2D eigenvalue weighted by Gasteiger charge is 2.53. The third-order valence-corrected chi connectivity index (χ3v) is 14.5. The Kier molecular flexibility index (Phi) is 17.7.